The van der Waals surface area contributed by atoms with Crippen molar-refractivity contribution in [1.29, 1.82) is 0 Å². The fraction of sp³-hybridized carbons (Fsp3) is 0.200. The van der Waals surface area contributed by atoms with Gasteiger partial charge in [-0.2, -0.15) is 0 Å². The Kier molecular flexibility index (Phi) is 4.92. The second kappa shape index (κ2) is 6.89. The van der Waals surface area contributed by atoms with Crippen LogP contribution in [-0.4, -0.2) is 24.4 Å². The summed E-state index contributed by atoms with van der Waals surface area (Å²) < 4.78 is 5.43. The van der Waals surface area contributed by atoms with Gasteiger partial charge in [-0.05, 0) is 23.3 Å². The zero-order valence-corrected chi connectivity index (χ0v) is 10.5. The summed E-state index contributed by atoms with van der Waals surface area (Å²) in [6, 6.07) is 17.8. The fourth-order valence-electron chi connectivity index (χ4n) is 1.73. The van der Waals surface area contributed by atoms with Gasteiger partial charge in [0.15, 0.2) is 0 Å². The van der Waals surface area contributed by atoms with Gasteiger partial charge in [-0.3, -0.25) is 0 Å². The molecule has 2 aromatic rings. The summed E-state index contributed by atoms with van der Waals surface area (Å²) in [5.41, 5.74) is 2.28. The molecule has 0 saturated carbocycles. The van der Waals surface area contributed by atoms with Gasteiger partial charge in [-0.15, -0.1) is 0 Å². The number of aliphatic hydroxyl groups excluding tert-OH is 1. The lowest BCUT2D eigenvalue weighted by molar-refractivity contribution is 0.0116. The Bertz CT molecular complexity index is 485. The second-order valence-electron chi connectivity index (χ2n) is 4.19. The van der Waals surface area contributed by atoms with Crippen molar-refractivity contribution in [2.24, 2.45) is 5.90 Å². The molecule has 0 spiro atoms. The maximum Gasteiger partial charge on any atom is 0.119 e. The van der Waals surface area contributed by atoms with Gasteiger partial charge in [-0.25, -0.2) is 5.90 Å². The van der Waals surface area contributed by atoms with E-state index in [1.54, 1.807) is 0 Å². The Morgan fingerprint density at radius 3 is 2.16 bits per heavy atom. The van der Waals surface area contributed by atoms with Crippen LogP contribution in [0.2, 0.25) is 0 Å². The first-order valence-electron chi connectivity index (χ1n) is 6.07. The van der Waals surface area contributed by atoms with E-state index in [0.29, 0.717) is 5.75 Å². The van der Waals surface area contributed by atoms with Crippen molar-refractivity contribution in [1.82, 2.24) is 0 Å². The Labute approximate surface area is 112 Å². The average molecular weight is 259 g/mol. The van der Waals surface area contributed by atoms with Crippen LogP contribution in [0.4, 0.5) is 0 Å². The molecule has 4 heteroatoms. The third kappa shape index (κ3) is 4.06. The number of ether oxygens (including phenoxy) is 1. The van der Waals surface area contributed by atoms with Crippen LogP contribution in [0.5, 0.6) is 5.75 Å². The molecule has 0 saturated heterocycles. The monoisotopic (exact) mass is 259 g/mol. The molecule has 1 unspecified atom stereocenters. The lowest BCUT2D eigenvalue weighted by Crippen LogP contribution is -2.25. The van der Waals surface area contributed by atoms with Crippen LogP contribution in [0.15, 0.2) is 54.6 Å². The van der Waals surface area contributed by atoms with E-state index in [1.807, 2.05) is 42.5 Å². The molecule has 19 heavy (non-hydrogen) atoms. The SMILES string of the molecule is NOCC(O)COc1ccc(-c2ccccc2)cc1. The van der Waals surface area contributed by atoms with Gasteiger partial charge in [0.2, 0.25) is 0 Å². The Morgan fingerprint density at radius 2 is 1.53 bits per heavy atom. The van der Waals surface area contributed by atoms with E-state index >= 15 is 0 Å². The molecule has 2 rings (SSSR count). The minimum Gasteiger partial charge on any atom is -0.491 e. The molecule has 0 heterocycles. The first-order valence-corrected chi connectivity index (χ1v) is 6.07. The number of hydrogen-bond donors (Lipinski definition) is 2. The van der Waals surface area contributed by atoms with Crippen LogP contribution in [-0.2, 0) is 4.84 Å². The van der Waals surface area contributed by atoms with Crippen molar-refractivity contribution in [2.75, 3.05) is 13.2 Å². The van der Waals surface area contributed by atoms with Gasteiger partial charge in [0.1, 0.15) is 18.5 Å². The van der Waals surface area contributed by atoms with Crippen molar-refractivity contribution in [3.8, 4) is 16.9 Å². The maximum atomic E-state index is 9.41. The molecule has 2 aromatic carbocycles. The highest BCUT2D eigenvalue weighted by atomic mass is 16.6. The Morgan fingerprint density at radius 1 is 0.895 bits per heavy atom. The zero-order valence-electron chi connectivity index (χ0n) is 10.5. The van der Waals surface area contributed by atoms with Crippen LogP contribution in [0, 0.1) is 0 Å². The van der Waals surface area contributed by atoms with Crippen molar-refractivity contribution in [3.05, 3.63) is 54.6 Å². The number of benzene rings is 2. The van der Waals surface area contributed by atoms with Crippen LogP contribution in [0.1, 0.15) is 0 Å². The Hall–Kier alpha value is -1.88. The molecule has 0 fully saturated rings. The lowest BCUT2D eigenvalue weighted by atomic mass is 10.1. The van der Waals surface area contributed by atoms with Gasteiger partial charge in [-0.1, -0.05) is 42.5 Å². The summed E-state index contributed by atoms with van der Waals surface area (Å²) in [5, 5.41) is 9.41. The molecular formula is C15H17NO3. The van der Waals surface area contributed by atoms with Crippen molar-refractivity contribution >= 4 is 0 Å². The summed E-state index contributed by atoms with van der Waals surface area (Å²) in [5.74, 6) is 5.57. The molecule has 0 aliphatic heterocycles. The molecule has 100 valence electrons. The molecule has 0 aromatic heterocycles. The number of hydrogen-bond acceptors (Lipinski definition) is 4. The minimum atomic E-state index is -0.723. The van der Waals surface area contributed by atoms with Gasteiger partial charge in [0, 0.05) is 0 Å². The number of aliphatic hydroxyl groups is 1. The Balaban J connectivity index is 1.95. The van der Waals surface area contributed by atoms with Crippen LogP contribution >= 0.6 is 0 Å². The van der Waals surface area contributed by atoms with E-state index in [-0.39, 0.29) is 13.2 Å². The maximum absolute atomic E-state index is 9.41. The molecule has 0 aliphatic rings. The van der Waals surface area contributed by atoms with Crippen molar-refractivity contribution in [3.63, 3.8) is 0 Å². The average Bonchev–Trinajstić information content (AvgIpc) is 2.47. The van der Waals surface area contributed by atoms with E-state index < -0.39 is 6.10 Å². The summed E-state index contributed by atoms with van der Waals surface area (Å²) in [4.78, 5) is 4.34. The van der Waals surface area contributed by atoms with Crippen LogP contribution < -0.4 is 10.6 Å². The minimum absolute atomic E-state index is 0.0576. The van der Waals surface area contributed by atoms with Gasteiger partial charge in [0.25, 0.3) is 0 Å². The quantitative estimate of drug-likeness (QED) is 0.779. The van der Waals surface area contributed by atoms with Gasteiger partial charge < -0.3 is 14.7 Å². The molecule has 3 N–H and O–H groups in total. The summed E-state index contributed by atoms with van der Waals surface area (Å²) in [6.07, 6.45) is -0.723. The highest BCUT2D eigenvalue weighted by Crippen LogP contribution is 2.22. The van der Waals surface area contributed by atoms with E-state index in [2.05, 4.69) is 17.0 Å². The highest BCUT2D eigenvalue weighted by molar-refractivity contribution is 5.63. The van der Waals surface area contributed by atoms with E-state index in [4.69, 9.17) is 10.6 Å². The predicted octanol–water partition coefficient (Wildman–Crippen LogP) is 1.98. The first-order chi connectivity index (χ1) is 9.29. The van der Waals surface area contributed by atoms with E-state index in [0.717, 1.165) is 11.1 Å². The normalized spacial score (nSPS) is 12.1. The molecule has 1 atom stereocenters. The summed E-state index contributed by atoms with van der Waals surface area (Å²) >= 11 is 0. The van der Waals surface area contributed by atoms with Crippen LogP contribution in [0.3, 0.4) is 0 Å². The predicted molar refractivity (Wildman–Crippen MR) is 73.5 cm³/mol. The smallest absolute Gasteiger partial charge is 0.119 e. The van der Waals surface area contributed by atoms with E-state index in [9.17, 15) is 5.11 Å². The number of rotatable bonds is 6. The van der Waals surface area contributed by atoms with Gasteiger partial charge in [0.05, 0.1) is 6.61 Å². The zero-order chi connectivity index (χ0) is 13.5. The third-order valence-electron chi connectivity index (χ3n) is 2.69. The topological polar surface area (TPSA) is 64.7 Å². The molecule has 4 nitrogen and oxygen atoms in total. The summed E-state index contributed by atoms with van der Waals surface area (Å²) in [6.45, 7) is 0.212. The number of nitrogens with two attached hydrogens (primary N) is 1. The molecule has 0 aliphatic carbocycles. The molecule has 0 radical (unpaired) electrons. The standard InChI is InChI=1S/C15H17NO3/c16-19-11-14(17)10-18-15-8-6-13(7-9-15)12-4-2-1-3-5-12/h1-9,14,17H,10-11,16H2. The largest absolute Gasteiger partial charge is 0.491 e. The van der Waals surface area contributed by atoms with E-state index in [1.165, 1.54) is 0 Å². The summed E-state index contributed by atoms with van der Waals surface area (Å²) in [7, 11) is 0. The van der Waals surface area contributed by atoms with Crippen molar-refractivity contribution < 1.29 is 14.7 Å². The second-order valence-corrected chi connectivity index (χ2v) is 4.19. The lowest BCUT2D eigenvalue weighted by Gasteiger charge is -2.11. The van der Waals surface area contributed by atoms with Crippen molar-refractivity contribution in [2.45, 2.75) is 6.10 Å². The third-order valence-corrected chi connectivity index (χ3v) is 2.69. The first kappa shape index (κ1) is 13.5. The molecule has 0 amide bonds. The van der Waals surface area contributed by atoms with Crippen LogP contribution in [0.25, 0.3) is 11.1 Å². The highest BCUT2D eigenvalue weighted by Gasteiger charge is 2.05. The molecular weight excluding hydrogens is 242 g/mol. The fourth-order valence-corrected chi connectivity index (χ4v) is 1.73. The molecule has 0 bridgehead atoms. The van der Waals surface area contributed by atoms with Gasteiger partial charge >= 0.3 is 0 Å².